The molecule has 0 spiro atoms. The summed E-state index contributed by atoms with van der Waals surface area (Å²) in [5, 5.41) is 4.15. The third kappa shape index (κ3) is 2.74. The van der Waals surface area contributed by atoms with Crippen LogP contribution in [0, 0.1) is 13.8 Å². The van der Waals surface area contributed by atoms with Gasteiger partial charge in [0.15, 0.2) is 0 Å². The fraction of sp³-hybridized carbons (Fsp3) is 0.250. The lowest BCUT2D eigenvalue weighted by Gasteiger charge is -2.18. The zero-order valence-corrected chi connectivity index (χ0v) is 13.7. The Kier molecular flexibility index (Phi) is 3.83. The van der Waals surface area contributed by atoms with E-state index in [0.29, 0.717) is 5.02 Å². The van der Waals surface area contributed by atoms with Crippen molar-refractivity contribution in [1.82, 2.24) is 8.75 Å². The molecule has 21 heavy (non-hydrogen) atoms. The minimum Gasteiger partial charge on any atom is -0.375 e. The molecule has 1 aromatic heterocycles. The highest BCUT2D eigenvalue weighted by molar-refractivity contribution is 7.00. The number of nitrogens with zero attached hydrogens (tertiary/aromatic N) is 2. The number of rotatable bonds is 3. The first-order valence-electron chi connectivity index (χ1n) is 6.80. The Morgan fingerprint density at radius 3 is 2.67 bits per heavy atom. The highest BCUT2D eigenvalue weighted by Crippen LogP contribution is 2.33. The van der Waals surface area contributed by atoms with Gasteiger partial charge in [-0.15, -0.1) is 0 Å². The highest BCUT2D eigenvalue weighted by atomic mass is 35.5. The van der Waals surface area contributed by atoms with Crippen LogP contribution < -0.4 is 5.32 Å². The van der Waals surface area contributed by atoms with Gasteiger partial charge in [0.25, 0.3) is 0 Å². The lowest BCUT2D eigenvalue weighted by molar-refractivity contribution is 0.883. The largest absolute Gasteiger partial charge is 0.375 e. The maximum absolute atomic E-state index is 6.32. The van der Waals surface area contributed by atoms with E-state index in [4.69, 9.17) is 11.6 Å². The molecule has 0 bridgehead atoms. The second kappa shape index (κ2) is 5.62. The number of hydrogen-bond acceptors (Lipinski definition) is 4. The fourth-order valence-electron chi connectivity index (χ4n) is 2.30. The molecule has 0 amide bonds. The zero-order valence-electron chi connectivity index (χ0n) is 12.1. The van der Waals surface area contributed by atoms with Gasteiger partial charge in [-0.1, -0.05) is 29.8 Å². The van der Waals surface area contributed by atoms with Crippen molar-refractivity contribution < 1.29 is 0 Å². The molecule has 0 aliphatic rings. The van der Waals surface area contributed by atoms with Crippen molar-refractivity contribution in [2.45, 2.75) is 26.8 Å². The van der Waals surface area contributed by atoms with Crippen LogP contribution in [0.15, 0.2) is 30.3 Å². The van der Waals surface area contributed by atoms with Gasteiger partial charge >= 0.3 is 0 Å². The molecular formula is C16H16ClN3S. The first-order valence-corrected chi connectivity index (χ1v) is 7.91. The molecule has 3 nitrogen and oxygen atoms in total. The number of anilines is 1. The van der Waals surface area contributed by atoms with Crippen LogP contribution in [-0.2, 0) is 0 Å². The van der Waals surface area contributed by atoms with E-state index in [1.165, 1.54) is 28.4 Å². The smallest absolute Gasteiger partial charge is 0.129 e. The molecule has 1 N–H and O–H groups in total. The predicted molar refractivity (Wildman–Crippen MR) is 90.4 cm³/mol. The van der Waals surface area contributed by atoms with E-state index < -0.39 is 0 Å². The van der Waals surface area contributed by atoms with E-state index in [-0.39, 0.29) is 6.04 Å². The summed E-state index contributed by atoms with van der Waals surface area (Å²) in [6.45, 7) is 6.37. The Labute approximate surface area is 133 Å². The lowest BCUT2D eigenvalue weighted by Crippen LogP contribution is -2.08. The van der Waals surface area contributed by atoms with Crippen LogP contribution in [0.2, 0.25) is 5.02 Å². The van der Waals surface area contributed by atoms with Crippen molar-refractivity contribution in [3.05, 3.63) is 52.0 Å². The molecule has 0 fully saturated rings. The van der Waals surface area contributed by atoms with Crippen molar-refractivity contribution in [3.63, 3.8) is 0 Å². The van der Waals surface area contributed by atoms with Gasteiger partial charge < -0.3 is 5.32 Å². The summed E-state index contributed by atoms with van der Waals surface area (Å²) in [6.07, 6.45) is 0. The Morgan fingerprint density at radius 1 is 1.10 bits per heavy atom. The van der Waals surface area contributed by atoms with E-state index >= 15 is 0 Å². The second-order valence-corrected chi connectivity index (χ2v) is 6.20. The van der Waals surface area contributed by atoms with Crippen molar-refractivity contribution in [2.24, 2.45) is 0 Å². The molecule has 5 heteroatoms. The summed E-state index contributed by atoms with van der Waals surface area (Å²) < 4.78 is 8.60. The van der Waals surface area contributed by atoms with Crippen LogP contribution in [0.4, 0.5) is 5.69 Å². The Morgan fingerprint density at radius 2 is 1.90 bits per heavy atom. The van der Waals surface area contributed by atoms with Gasteiger partial charge in [-0.3, -0.25) is 0 Å². The molecule has 0 saturated carbocycles. The summed E-state index contributed by atoms with van der Waals surface area (Å²) in [5.41, 5.74) is 6.39. The van der Waals surface area contributed by atoms with Gasteiger partial charge in [0.05, 0.1) is 22.4 Å². The zero-order chi connectivity index (χ0) is 15.0. The molecule has 0 saturated heterocycles. The molecule has 0 aliphatic heterocycles. The van der Waals surface area contributed by atoms with Crippen LogP contribution in [0.5, 0.6) is 0 Å². The predicted octanol–water partition coefficient (Wildman–Crippen LogP) is 5.13. The fourth-order valence-corrected chi connectivity index (χ4v) is 3.05. The van der Waals surface area contributed by atoms with E-state index in [1.807, 2.05) is 12.1 Å². The highest BCUT2D eigenvalue weighted by Gasteiger charge is 2.13. The van der Waals surface area contributed by atoms with Gasteiger partial charge in [-0.25, -0.2) is 0 Å². The molecule has 3 aromatic rings. The number of aryl methyl sites for hydroxylation is 2. The van der Waals surface area contributed by atoms with Crippen molar-refractivity contribution >= 4 is 40.0 Å². The minimum absolute atomic E-state index is 0.147. The van der Waals surface area contributed by atoms with Crippen LogP contribution >= 0.6 is 23.3 Å². The van der Waals surface area contributed by atoms with Gasteiger partial charge in [-0.05, 0) is 49.6 Å². The van der Waals surface area contributed by atoms with Crippen molar-refractivity contribution in [1.29, 1.82) is 0 Å². The normalized spacial score (nSPS) is 12.6. The van der Waals surface area contributed by atoms with E-state index in [0.717, 1.165) is 16.7 Å². The molecule has 1 unspecified atom stereocenters. The van der Waals surface area contributed by atoms with Crippen LogP contribution in [0.25, 0.3) is 11.0 Å². The SMILES string of the molecule is Cc1ccc(C(C)Nc2c(Cl)ccc3nsnc23)cc1C. The molecule has 3 rings (SSSR count). The van der Waals surface area contributed by atoms with Crippen LogP contribution in [0.1, 0.15) is 29.7 Å². The summed E-state index contributed by atoms with van der Waals surface area (Å²) >= 11 is 7.53. The Hall–Kier alpha value is -1.65. The molecule has 0 radical (unpaired) electrons. The third-order valence-electron chi connectivity index (χ3n) is 3.77. The van der Waals surface area contributed by atoms with Crippen molar-refractivity contribution in [2.75, 3.05) is 5.32 Å². The van der Waals surface area contributed by atoms with Gasteiger partial charge in [0.1, 0.15) is 11.0 Å². The number of aromatic nitrogens is 2. The number of nitrogens with one attached hydrogen (secondary N) is 1. The van der Waals surface area contributed by atoms with Gasteiger partial charge in [0.2, 0.25) is 0 Å². The number of hydrogen-bond donors (Lipinski definition) is 1. The average molecular weight is 318 g/mol. The van der Waals surface area contributed by atoms with E-state index in [1.54, 1.807) is 0 Å². The summed E-state index contributed by atoms with van der Waals surface area (Å²) in [7, 11) is 0. The van der Waals surface area contributed by atoms with Gasteiger partial charge in [-0.2, -0.15) is 8.75 Å². The standard InChI is InChI=1S/C16H16ClN3S/c1-9-4-5-12(8-10(9)2)11(3)18-15-13(17)6-7-14-16(15)20-21-19-14/h4-8,11,18H,1-3H3. The Bertz CT molecular complexity index is 797. The molecule has 1 atom stereocenters. The number of benzene rings is 2. The van der Waals surface area contributed by atoms with Crippen LogP contribution in [-0.4, -0.2) is 8.75 Å². The quantitative estimate of drug-likeness (QED) is 0.727. The molecule has 108 valence electrons. The lowest BCUT2D eigenvalue weighted by atomic mass is 10.0. The van der Waals surface area contributed by atoms with Crippen molar-refractivity contribution in [3.8, 4) is 0 Å². The number of fused-ring (bicyclic) bond motifs is 1. The first-order chi connectivity index (χ1) is 10.1. The first kappa shape index (κ1) is 14.3. The second-order valence-electron chi connectivity index (χ2n) is 5.26. The van der Waals surface area contributed by atoms with E-state index in [2.05, 4.69) is 53.0 Å². The summed E-state index contributed by atoms with van der Waals surface area (Å²) in [4.78, 5) is 0. The minimum atomic E-state index is 0.147. The monoisotopic (exact) mass is 317 g/mol. The Balaban J connectivity index is 1.95. The maximum atomic E-state index is 6.32. The van der Waals surface area contributed by atoms with Gasteiger partial charge in [0, 0.05) is 6.04 Å². The number of halogens is 1. The molecule has 0 aliphatic carbocycles. The average Bonchev–Trinajstić information content (AvgIpc) is 2.93. The molecule has 2 aromatic carbocycles. The van der Waals surface area contributed by atoms with Crippen LogP contribution in [0.3, 0.4) is 0 Å². The summed E-state index contributed by atoms with van der Waals surface area (Å²) in [5.74, 6) is 0. The summed E-state index contributed by atoms with van der Waals surface area (Å²) in [6, 6.07) is 10.4. The maximum Gasteiger partial charge on any atom is 0.129 e. The third-order valence-corrected chi connectivity index (χ3v) is 4.63. The molecule has 1 heterocycles. The molecular weight excluding hydrogens is 302 g/mol. The topological polar surface area (TPSA) is 37.8 Å². The van der Waals surface area contributed by atoms with E-state index in [9.17, 15) is 0 Å².